The van der Waals surface area contributed by atoms with Gasteiger partial charge in [-0.25, -0.2) is 0 Å². The molecule has 0 aliphatic carbocycles. The molecule has 0 bridgehead atoms. The number of aryl methyl sites for hydroxylation is 1. The predicted molar refractivity (Wildman–Crippen MR) is 219 cm³/mol. The zero-order valence-electron chi connectivity index (χ0n) is 31.8. The number of ketones is 1. The Morgan fingerprint density at radius 1 is 0.804 bits per heavy atom. The number of allylic oxidation sites excluding steroid dienone is 2. The van der Waals surface area contributed by atoms with Gasteiger partial charge in [0.2, 0.25) is 0 Å². The molecule has 0 amide bonds. The second-order valence-electron chi connectivity index (χ2n) is 15.1. The summed E-state index contributed by atoms with van der Waals surface area (Å²) in [6, 6.07) is 25.5. The zero-order valence-corrected chi connectivity index (χ0v) is 35.8. The van der Waals surface area contributed by atoms with Gasteiger partial charge in [-0.2, -0.15) is 0 Å². The molecule has 3 heterocycles. The standard InChI is InChI=1S/C30H24NS2.C15H28O2.Ir/c1-18-16-33-29-28(18)23(24-17-32-27-12-8-7-11-22(24)27)15-26(31-29)20-13-19-9-5-6-10-21(19)25(14-20)30(2,3)4;1-7-14(5,8-2)12(16)11-13(17)15(6,9-3)10-4;/h5-12,14-17H,1-4H3;11,16H,7-10H2,1-6H3;/q-1;;/b;12-11-;. The number of benzene rings is 3. The molecule has 0 spiro atoms. The molecule has 6 heteroatoms. The minimum Gasteiger partial charge on any atom is -0.512 e. The van der Waals surface area contributed by atoms with Crippen LogP contribution in [0.15, 0.2) is 83.3 Å². The number of fused-ring (bicyclic) bond motifs is 3. The molecular weight excluding hydrogens is 843 g/mol. The molecule has 6 rings (SSSR count). The Morgan fingerprint density at radius 2 is 1.41 bits per heavy atom. The minimum absolute atomic E-state index is 0. The normalized spacial score (nSPS) is 12.5. The van der Waals surface area contributed by atoms with E-state index in [0.717, 1.165) is 47.2 Å². The van der Waals surface area contributed by atoms with Gasteiger partial charge in [0.1, 0.15) is 10.6 Å². The summed E-state index contributed by atoms with van der Waals surface area (Å²) in [7, 11) is 0. The summed E-state index contributed by atoms with van der Waals surface area (Å²) >= 11 is 3.54. The average Bonchev–Trinajstić information content (AvgIpc) is 3.73. The smallest absolute Gasteiger partial charge is 0.164 e. The Bertz CT molecular complexity index is 2170. The van der Waals surface area contributed by atoms with E-state index in [1.54, 1.807) is 11.3 Å². The fraction of sp³-hybridized carbons (Fsp3) is 0.378. The van der Waals surface area contributed by atoms with Crippen LogP contribution in [0.3, 0.4) is 0 Å². The Kier molecular flexibility index (Phi) is 12.9. The summed E-state index contributed by atoms with van der Waals surface area (Å²) in [5.41, 5.74) is 6.66. The fourth-order valence-corrected chi connectivity index (χ4v) is 8.31. The van der Waals surface area contributed by atoms with Crippen LogP contribution in [0.5, 0.6) is 0 Å². The maximum absolute atomic E-state index is 12.2. The molecular formula is C45H52IrNO2S2-. The fourth-order valence-electron chi connectivity index (χ4n) is 6.40. The molecule has 3 aromatic carbocycles. The van der Waals surface area contributed by atoms with Gasteiger partial charge in [0.05, 0.1) is 0 Å². The van der Waals surface area contributed by atoms with Crippen LogP contribution in [0, 0.1) is 23.8 Å². The van der Waals surface area contributed by atoms with Gasteiger partial charge in [-0.05, 0) is 66.0 Å². The molecule has 271 valence electrons. The number of hydrogen-bond acceptors (Lipinski definition) is 5. The van der Waals surface area contributed by atoms with Crippen LogP contribution in [-0.2, 0) is 30.3 Å². The number of aromatic nitrogens is 1. The number of aliphatic hydroxyl groups excluding tert-OH is 1. The van der Waals surface area contributed by atoms with Crippen LogP contribution in [0.2, 0.25) is 0 Å². The van der Waals surface area contributed by atoms with Crippen molar-refractivity contribution in [2.45, 2.75) is 100 Å². The molecule has 0 saturated carbocycles. The van der Waals surface area contributed by atoms with Gasteiger partial charge >= 0.3 is 0 Å². The third-order valence-electron chi connectivity index (χ3n) is 11.0. The summed E-state index contributed by atoms with van der Waals surface area (Å²) in [6.45, 7) is 21.1. The van der Waals surface area contributed by atoms with E-state index < -0.39 is 0 Å². The second kappa shape index (κ2) is 16.3. The van der Waals surface area contributed by atoms with Crippen molar-refractivity contribution in [3.63, 3.8) is 0 Å². The van der Waals surface area contributed by atoms with E-state index in [9.17, 15) is 9.90 Å². The van der Waals surface area contributed by atoms with Crippen LogP contribution < -0.4 is 0 Å². The van der Waals surface area contributed by atoms with Gasteiger partial charge < -0.3 is 5.11 Å². The second-order valence-corrected chi connectivity index (χ2v) is 16.9. The number of nitrogens with zero attached hydrogens (tertiary/aromatic N) is 1. The third kappa shape index (κ3) is 8.25. The van der Waals surface area contributed by atoms with Crippen LogP contribution >= 0.6 is 22.7 Å². The third-order valence-corrected chi connectivity index (χ3v) is 12.9. The number of rotatable bonds is 9. The van der Waals surface area contributed by atoms with Crippen molar-refractivity contribution in [1.29, 1.82) is 0 Å². The number of pyridine rings is 1. The van der Waals surface area contributed by atoms with E-state index in [1.165, 1.54) is 49.2 Å². The molecule has 1 radical (unpaired) electrons. The molecule has 0 fully saturated rings. The molecule has 0 unspecified atom stereocenters. The van der Waals surface area contributed by atoms with Crippen molar-refractivity contribution in [2.75, 3.05) is 0 Å². The van der Waals surface area contributed by atoms with E-state index in [1.807, 2.05) is 52.9 Å². The van der Waals surface area contributed by atoms with Crippen LogP contribution in [-0.4, -0.2) is 15.9 Å². The summed E-state index contributed by atoms with van der Waals surface area (Å²) in [5, 5.41) is 19.6. The zero-order chi connectivity index (χ0) is 36.4. The molecule has 0 aliphatic rings. The molecule has 3 nitrogen and oxygen atoms in total. The van der Waals surface area contributed by atoms with Gasteiger partial charge in [-0.1, -0.05) is 116 Å². The van der Waals surface area contributed by atoms with Crippen LogP contribution in [0.25, 0.3) is 53.5 Å². The largest absolute Gasteiger partial charge is 0.512 e. The first kappa shape index (κ1) is 40.6. The Labute approximate surface area is 326 Å². The molecule has 0 atom stereocenters. The van der Waals surface area contributed by atoms with E-state index in [2.05, 4.69) is 105 Å². The van der Waals surface area contributed by atoms with Crippen molar-refractivity contribution >= 4 is 59.5 Å². The van der Waals surface area contributed by atoms with E-state index in [0.29, 0.717) is 0 Å². The van der Waals surface area contributed by atoms with Gasteiger partial charge in [0.15, 0.2) is 5.78 Å². The Morgan fingerprint density at radius 3 is 2.04 bits per heavy atom. The van der Waals surface area contributed by atoms with Gasteiger partial charge in [-0.15, -0.1) is 51.8 Å². The van der Waals surface area contributed by atoms with Crippen LogP contribution in [0.1, 0.15) is 99.1 Å². The SMILES string of the molecule is CCC(C)(CC)C(=O)/C=C(\O)C(C)(CC)CC.Cc1csc2nc(-c3[c-]c4ccccc4c(C(C)(C)C)c3)cc(-c3csc4ccccc34)c12.[Ir]. The molecule has 0 aliphatic heterocycles. The first-order valence-corrected chi connectivity index (χ1v) is 19.7. The van der Waals surface area contributed by atoms with Gasteiger partial charge in [0, 0.05) is 63.7 Å². The van der Waals surface area contributed by atoms with Crippen molar-refractivity contribution in [1.82, 2.24) is 4.98 Å². The van der Waals surface area contributed by atoms with Gasteiger partial charge in [0.25, 0.3) is 0 Å². The number of carbonyl (C=O) groups is 1. The number of hydrogen-bond donors (Lipinski definition) is 1. The predicted octanol–water partition coefficient (Wildman–Crippen LogP) is 14.1. The van der Waals surface area contributed by atoms with E-state index >= 15 is 0 Å². The van der Waals surface area contributed by atoms with E-state index in [4.69, 9.17) is 4.98 Å². The maximum atomic E-state index is 12.2. The van der Waals surface area contributed by atoms with Crippen molar-refractivity contribution in [2.24, 2.45) is 10.8 Å². The number of thiophene rings is 2. The summed E-state index contributed by atoms with van der Waals surface area (Å²) in [5.74, 6) is 0.286. The summed E-state index contributed by atoms with van der Waals surface area (Å²) in [6.07, 6.45) is 4.75. The molecule has 3 aromatic heterocycles. The molecule has 1 N–H and O–H groups in total. The Hall–Kier alpha value is -3.15. The maximum Gasteiger partial charge on any atom is 0.164 e. The van der Waals surface area contributed by atoms with Crippen molar-refractivity contribution in [3.8, 4) is 22.4 Å². The summed E-state index contributed by atoms with van der Waals surface area (Å²) in [4.78, 5) is 18.4. The van der Waals surface area contributed by atoms with Gasteiger partial charge in [-0.3, -0.25) is 9.78 Å². The van der Waals surface area contributed by atoms with Crippen LogP contribution in [0.4, 0.5) is 0 Å². The first-order chi connectivity index (χ1) is 23.7. The molecule has 0 saturated heterocycles. The molecule has 6 aromatic rings. The van der Waals surface area contributed by atoms with Crippen molar-refractivity contribution < 1.29 is 30.0 Å². The summed E-state index contributed by atoms with van der Waals surface area (Å²) < 4.78 is 1.32. The quantitative estimate of drug-likeness (QED) is 0.0894. The first-order valence-electron chi connectivity index (χ1n) is 18.0. The topological polar surface area (TPSA) is 50.2 Å². The average molecular weight is 895 g/mol. The minimum atomic E-state index is -0.337. The molecule has 51 heavy (non-hydrogen) atoms. The number of aliphatic hydroxyl groups is 1. The monoisotopic (exact) mass is 895 g/mol. The Balaban J connectivity index is 0.000000279. The number of carbonyl (C=O) groups excluding carboxylic acids is 1. The van der Waals surface area contributed by atoms with Crippen molar-refractivity contribution in [3.05, 3.63) is 100 Å². The van der Waals surface area contributed by atoms with E-state index in [-0.39, 0.29) is 47.9 Å².